The van der Waals surface area contributed by atoms with E-state index in [1.807, 2.05) is 41.3 Å². The summed E-state index contributed by atoms with van der Waals surface area (Å²) in [6.07, 6.45) is 3.48. The average Bonchev–Trinajstić information content (AvgIpc) is 3.28. The minimum Gasteiger partial charge on any atom is -0.477 e. The monoisotopic (exact) mass is 367 g/mol. The van der Waals surface area contributed by atoms with Crippen LogP contribution in [0.5, 0.6) is 5.88 Å². The lowest BCUT2D eigenvalue weighted by atomic mass is 9.96. The Bertz CT molecular complexity index is 756. The topological polar surface area (TPSA) is 79.4 Å². The van der Waals surface area contributed by atoms with E-state index in [0.29, 0.717) is 18.4 Å². The SMILES string of the molecule is O=C(C1CNNC1)N1CCC(COc2cc(-c3ccccc3)ncn2)CC1. The van der Waals surface area contributed by atoms with Crippen LogP contribution in [0.25, 0.3) is 11.3 Å². The van der Waals surface area contributed by atoms with Crippen molar-refractivity contribution in [3.63, 3.8) is 0 Å². The van der Waals surface area contributed by atoms with Crippen LogP contribution in [0.15, 0.2) is 42.7 Å². The van der Waals surface area contributed by atoms with E-state index in [0.717, 1.165) is 50.3 Å². The summed E-state index contributed by atoms with van der Waals surface area (Å²) >= 11 is 0. The Kier molecular flexibility index (Phi) is 5.60. The number of piperidine rings is 1. The molecule has 0 bridgehead atoms. The van der Waals surface area contributed by atoms with Crippen LogP contribution in [0.1, 0.15) is 12.8 Å². The van der Waals surface area contributed by atoms with E-state index < -0.39 is 0 Å². The Morgan fingerprint density at radius 1 is 1.11 bits per heavy atom. The molecule has 0 aliphatic carbocycles. The number of amides is 1. The number of rotatable bonds is 5. The van der Waals surface area contributed by atoms with E-state index in [1.165, 1.54) is 0 Å². The number of benzene rings is 1. The van der Waals surface area contributed by atoms with Gasteiger partial charge in [-0.25, -0.2) is 9.97 Å². The quantitative estimate of drug-likeness (QED) is 0.834. The number of nitrogens with one attached hydrogen (secondary N) is 2. The zero-order valence-electron chi connectivity index (χ0n) is 15.3. The molecule has 1 aromatic heterocycles. The molecule has 142 valence electrons. The molecule has 1 aromatic carbocycles. The van der Waals surface area contributed by atoms with Crippen LogP contribution in [-0.4, -0.2) is 53.6 Å². The summed E-state index contributed by atoms with van der Waals surface area (Å²) in [5.74, 6) is 1.37. The number of hydrogen-bond acceptors (Lipinski definition) is 6. The molecule has 2 saturated heterocycles. The van der Waals surface area contributed by atoms with Gasteiger partial charge < -0.3 is 9.64 Å². The fourth-order valence-corrected chi connectivity index (χ4v) is 3.60. The lowest BCUT2D eigenvalue weighted by Crippen LogP contribution is -2.43. The number of aromatic nitrogens is 2. The number of carbonyl (C=O) groups excluding carboxylic acids is 1. The number of nitrogens with zero attached hydrogens (tertiary/aromatic N) is 3. The Labute approximate surface area is 159 Å². The highest BCUT2D eigenvalue weighted by Gasteiger charge is 2.30. The number of likely N-dealkylation sites (tertiary alicyclic amines) is 1. The molecule has 2 aliphatic heterocycles. The van der Waals surface area contributed by atoms with E-state index in [9.17, 15) is 4.79 Å². The number of hydrazine groups is 1. The molecule has 2 N–H and O–H groups in total. The largest absolute Gasteiger partial charge is 0.477 e. The molecule has 4 rings (SSSR count). The summed E-state index contributed by atoms with van der Waals surface area (Å²) in [5, 5.41) is 0. The molecule has 0 radical (unpaired) electrons. The third-order valence-electron chi connectivity index (χ3n) is 5.28. The van der Waals surface area contributed by atoms with Gasteiger partial charge in [0.15, 0.2) is 0 Å². The van der Waals surface area contributed by atoms with Gasteiger partial charge in [0.2, 0.25) is 11.8 Å². The number of ether oxygens (including phenoxy) is 1. The highest BCUT2D eigenvalue weighted by Crippen LogP contribution is 2.22. The third kappa shape index (κ3) is 4.43. The molecule has 1 amide bonds. The lowest BCUT2D eigenvalue weighted by Gasteiger charge is -2.33. The van der Waals surface area contributed by atoms with Gasteiger partial charge in [0, 0.05) is 37.8 Å². The molecule has 7 nitrogen and oxygen atoms in total. The highest BCUT2D eigenvalue weighted by atomic mass is 16.5. The summed E-state index contributed by atoms with van der Waals surface area (Å²) in [7, 11) is 0. The third-order valence-corrected chi connectivity index (χ3v) is 5.28. The van der Waals surface area contributed by atoms with Crippen LogP contribution in [-0.2, 0) is 4.79 Å². The maximum Gasteiger partial charge on any atom is 0.228 e. The molecule has 27 heavy (non-hydrogen) atoms. The van der Waals surface area contributed by atoms with Crippen LogP contribution in [0, 0.1) is 11.8 Å². The lowest BCUT2D eigenvalue weighted by molar-refractivity contribution is -0.136. The predicted molar refractivity (Wildman–Crippen MR) is 102 cm³/mol. The van der Waals surface area contributed by atoms with Crippen molar-refractivity contribution in [2.24, 2.45) is 11.8 Å². The van der Waals surface area contributed by atoms with Gasteiger partial charge in [-0.15, -0.1) is 0 Å². The van der Waals surface area contributed by atoms with Crippen molar-refractivity contribution >= 4 is 5.91 Å². The summed E-state index contributed by atoms with van der Waals surface area (Å²) in [5.41, 5.74) is 7.96. The van der Waals surface area contributed by atoms with Crippen molar-refractivity contribution in [1.29, 1.82) is 0 Å². The molecule has 0 unspecified atom stereocenters. The van der Waals surface area contributed by atoms with E-state index in [-0.39, 0.29) is 11.8 Å². The Balaban J connectivity index is 1.27. The minimum absolute atomic E-state index is 0.0650. The van der Waals surface area contributed by atoms with E-state index in [2.05, 4.69) is 20.8 Å². The van der Waals surface area contributed by atoms with Crippen LogP contribution < -0.4 is 15.6 Å². The first-order valence-corrected chi connectivity index (χ1v) is 9.54. The van der Waals surface area contributed by atoms with Gasteiger partial charge in [-0.1, -0.05) is 30.3 Å². The van der Waals surface area contributed by atoms with Crippen LogP contribution in [0.2, 0.25) is 0 Å². The minimum atomic E-state index is 0.0650. The van der Waals surface area contributed by atoms with Gasteiger partial charge in [0.1, 0.15) is 6.33 Å². The second kappa shape index (κ2) is 8.45. The first-order valence-electron chi connectivity index (χ1n) is 9.54. The molecule has 0 atom stereocenters. The van der Waals surface area contributed by atoms with E-state index in [1.54, 1.807) is 6.33 Å². The van der Waals surface area contributed by atoms with Gasteiger partial charge in [0.25, 0.3) is 0 Å². The van der Waals surface area contributed by atoms with Gasteiger partial charge in [0.05, 0.1) is 18.2 Å². The van der Waals surface area contributed by atoms with Crippen molar-refractivity contribution in [2.75, 3.05) is 32.8 Å². The molecule has 0 saturated carbocycles. The fraction of sp³-hybridized carbons (Fsp3) is 0.450. The van der Waals surface area contributed by atoms with Crippen molar-refractivity contribution in [3.8, 4) is 17.1 Å². The molecule has 3 heterocycles. The Hall–Kier alpha value is -2.51. The molecule has 0 spiro atoms. The first-order chi connectivity index (χ1) is 13.3. The smallest absolute Gasteiger partial charge is 0.228 e. The van der Waals surface area contributed by atoms with Crippen molar-refractivity contribution in [3.05, 3.63) is 42.7 Å². The van der Waals surface area contributed by atoms with E-state index in [4.69, 9.17) is 4.74 Å². The summed E-state index contributed by atoms with van der Waals surface area (Å²) in [6.45, 7) is 3.68. The summed E-state index contributed by atoms with van der Waals surface area (Å²) < 4.78 is 5.93. The van der Waals surface area contributed by atoms with Crippen molar-refractivity contribution in [2.45, 2.75) is 12.8 Å². The zero-order valence-corrected chi connectivity index (χ0v) is 15.3. The normalized spacial score (nSPS) is 18.6. The van der Waals surface area contributed by atoms with Crippen LogP contribution >= 0.6 is 0 Å². The maximum absolute atomic E-state index is 12.5. The predicted octanol–water partition coefficient (Wildman–Crippen LogP) is 1.48. The van der Waals surface area contributed by atoms with Gasteiger partial charge in [-0.3, -0.25) is 15.6 Å². The van der Waals surface area contributed by atoms with Crippen LogP contribution in [0.3, 0.4) is 0 Å². The Morgan fingerprint density at radius 3 is 2.59 bits per heavy atom. The zero-order chi connectivity index (χ0) is 18.5. The van der Waals surface area contributed by atoms with Gasteiger partial charge in [-0.05, 0) is 18.8 Å². The Morgan fingerprint density at radius 2 is 1.85 bits per heavy atom. The molecule has 7 heteroatoms. The molecular formula is C20H25N5O2. The second-order valence-electron chi connectivity index (χ2n) is 7.15. The van der Waals surface area contributed by atoms with Crippen LogP contribution in [0.4, 0.5) is 0 Å². The fourth-order valence-electron chi connectivity index (χ4n) is 3.60. The number of carbonyl (C=O) groups is 1. The number of hydrogen-bond donors (Lipinski definition) is 2. The van der Waals surface area contributed by atoms with Gasteiger partial charge in [-0.2, -0.15) is 0 Å². The van der Waals surface area contributed by atoms with Crippen molar-refractivity contribution < 1.29 is 9.53 Å². The molecule has 2 aliphatic rings. The summed E-state index contributed by atoms with van der Waals surface area (Å²) in [4.78, 5) is 23.0. The van der Waals surface area contributed by atoms with E-state index >= 15 is 0 Å². The first kappa shape index (κ1) is 17.9. The highest BCUT2D eigenvalue weighted by molar-refractivity contribution is 5.79. The van der Waals surface area contributed by atoms with Crippen molar-refractivity contribution in [1.82, 2.24) is 25.7 Å². The maximum atomic E-state index is 12.5. The molecular weight excluding hydrogens is 342 g/mol. The summed E-state index contributed by atoms with van der Waals surface area (Å²) in [6, 6.07) is 11.9. The van der Waals surface area contributed by atoms with Gasteiger partial charge >= 0.3 is 0 Å². The molecule has 2 aromatic rings. The second-order valence-corrected chi connectivity index (χ2v) is 7.15. The average molecular weight is 367 g/mol. The molecule has 2 fully saturated rings. The standard InChI is InChI=1S/C20H25N5O2/c26-20(17-11-23-24-12-17)25-8-6-15(7-9-25)13-27-19-10-18(21-14-22-19)16-4-2-1-3-5-16/h1-5,10,14-15,17,23-24H,6-9,11-13H2.